The Labute approximate surface area is 118 Å². The summed E-state index contributed by atoms with van der Waals surface area (Å²) in [4.78, 5) is 4.14. The molecule has 2 heterocycles. The number of hydrogen-bond acceptors (Lipinski definition) is 4. The van der Waals surface area contributed by atoms with E-state index in [9.17, 15) is 0 Å². The summed E-state index contributed by atoms with van der Waals surface area (Å²) in [6, 6.07) is 10.1. The monoisotopic (exact) mass is 270 g/mol. The lowest BCUT2D eigenvalue weighted by atomic mass is 10.1. The van der Waals surface area contributed by atoms with Gasteiger partial charge in [-0.05, 0) is 30.7 Å². The Morgan fingerprint density at radius 1 is 1.15 bits per heavy atom. The van der Waals surface area contributed by atoms with Crippen LogP contribution in [0.4, 0.5) is 5.69 Å². The molecule has 0 bridgehead atoms. The second kappa shape index (κ2) is 4.71. The number of pyridine rings is 1. The van der Waals surface area contributed by atoms with E-state index in [4.69, 9.17) is 9.47 Å². The summed E-state index contributed by atoms with van der Waals surface area (Å²) in [5.41, 5.74) is 2.15. The second-order valence-electron chi connectivity index (χ2n) is 5.42. The fraction of sp³-hybridized carbons (Fsp3) is 0.312. The molecule has 4 nitrogen and oxygen atoms in total. The fourth-order valence-corrected chi connectivity index (χ4v) is 2.28. The zero-order valence-corrected chi connectivity index (χ0v) is 11.9. The van der Waals surface area contributed by atoms with Crippen molar-refractivity contribution >= 4 is 5.69 Å². The summed E-state index contributed by atoms with van der Waals surface area (Å²) < 4.78 is 11.4. The van der Waals surface area contributed by atoms with E-state index >= 15 is 0 Å². The van der Waals surface area contributed by atoms with E-state index in [1.807, 2.05) is 44.3 Å². The first-order valence-electron chi connectivity index (χ1n) is 6.72. The standard InChI is InChI=1S/C16H18N2O2/c1-11(12-5-4-8-17-10-12)18-13-6-7-14-15(9-13)20-16(2,3)19-14/h4-11,18H,1-3H3. The predicted octanol–water partition coefficient (Wildman–Crippen LogP) is 3.76. The van der Waals surface area contributed by atoms with Gasteiger partial charge in [0.05, 0.1) is 6.04 Å². The Bertz CT molecular complexity index is 611. The highest BCUT2D eigenvalue weighted by Crippen LogP contribution is 2.41. The lowest BCUT2D eigenvalue weighted by molar-refractivity contribution is -0.0431. The van der Waals surface area contributed by atoms with E-state index in [-0.39, 0.29) is 6.04 Å². The number of rotatable bonds is 3. The number of nitrogens with one attached hydrogen (secondary N) is 1. The molecule has 1 aromatic heterocycles. The van der Waals surface area contributed by atoms with Crippen LogP contribution in [-0.4, -0.2) is 10.8 Å². The summed E-state index contributed by atoms with van der Waals surface area (Å²) >= 11 is 0. The molecule has 0 saturated heterocycles. The van der Waals surface area contributed by atoms with Crippen LogP contribution in [-0.2, 0) is 0 Å². The van der Waals surface area contributed by atoms with Gasteiger partial charge in [0.15, 0.2) is 11.5 Å². The molecule has 1 unspecified atom stereocenters. The van der Waals surface area contributed by atoms with E-state index in [1.54, 1.807) is 6.20 Å². The minimum absolute atomic E-state index is 0.178. The minimum Gasteiger partial charge on any atom is -0.449 e. The zero-order chi connectivity index (χ0) is 14.2. The van der Waals surface area contributed by atoms with Gasteiger partial charge in [-0.25, -0.2) is 0 Å². The van der Waals surface area contributed by atoms with Crippen LogP contribution in [0.3, 0.4) is 0 Å². The van der Waals surface area contributed by atoms with Crippen molar-refractivity contribution in [3.05, 3.63) is 48.3 Å². The van der Waals surface area contributed by atoms with Gasteiger partial charge in [-0.3, -0.25) is 4.98 Å². The third-order valence-electron chi connectivity index (χ3n) is 3.22. The maximum Gasteiger partial charge on any atom is 0.246 e. The number of hydrogen-bond donors (Lipinski definition) is 1. The van der Waals surface area contributed by atoms with Crippen LogP contribution < -0.4 is 14.8 Å². The Balaban J connectivity index is 1.77. The minimum atomic E-state index is -0.587. The maximum absolute atomic E-state index is 5.75. The summed E-state index contributed by atoms with van der Waals surface area (Å²) in [5.74, 6) is 0.976. The maximum atomic E-state index is 5.75. The molecule has 1 aromatic carbocycles. The molecule has 0 radical (unpaired) electrons. The second-order valence-corrected chi connectivity index (χ2v) is 5.42. The number of aromatic nitrogens is 1. The Hall–Kier alpha value is -2.23. The topological polar surface area (TPSA) is 43.4 Å². The van der Waals surface area contributed by atoms with Crippen molar-refractivity contribution in [1.29, 1.82) is 0 Å². The van der Waals surface area contributed by atoms with E-state index in [0.717, 1.165) is 22.7 Å². The molecule has 2 aromatic rings. The van der Waals surface area contributed by atoms with Crippen LogP contribution in [0.2, 0.25) is 0 Å². The third kappa shape index (κ3) is 2.54. The molecule has 104 valence electrons. The quantitative estimate of drug-likeness (QED) is 0.922. The highest BCUT2D eigenvalue weighted by molar-refractivity contribution is 5.57. The molecule has 0 saturated carbocycles. The van der Waals surface area contributed by atoms with Gasteiger partial charge in [-0.2, -0.15) is 0 Å². The molecule has 3 rings (SSSR count). The van der Waals surface area contributed by atoms with Gasteiger partial charge in [-0.1, -0.05) is 6.07 Å². The highest BCUT2D eigenvalue weighted by Gasteiger charge is 2.31. The van der Waals surface area contributed by atoms with Crippen molar-refractivity contribution in [1.82, 2.24) is 4.98 Å². The number of ether oxygens (including phenoxy) is 2. The normalized spacial score (nSPS) is 16.8. The largest absolute Gasteiger partial charge is 0.449 e. The molecule has 1 aliphatic heterocycles. The molecule has 1 atom stereocenters. The van der Waals surface area contributed by atoms with Crippen molar-refractivity contribution in [3.8, 4) is 11.5 Å². The van der Waals surface area contributed by atoms with Crippen molar-refractivity contribution in [2.75, 3.05) is 5.32 Å². The first kappa shape index (κ1) is 12.8. The average molecular weight is 270 g/mol. The molecule has 20 heavy (non-hydrogen) atoms. The molecular weight excluding hydrogens is 252 g/mol. The van der Waals surface area contributed by atoms with Crippen LogP contribution in [0.1, 0.15) is 32.4 Å². The number of fused-ring (bicyclic) bond motifs is 1. The molecule has 0 aliphatic carbocycles. The summed E-state index contributed by atoms with van der Waals surface area (Å²) in [6.45, 7) is 5.91. The molecular formula is C16H18N2O2. The van der Waals surface area contributed by atoms with E-state index in [2.05, 4.69) is 23.3 Å². The van der Waals surface area contributed by atoms with E-state index in [0.29, 0.717) is 0 Å². The predicted molar refractivity (Wildman–Crippen MR) is 78.1 cm³/mol. The van der Waals surface area contributed by atoms with Crippen molar-refractivity contribution in [2.45, 2.75) is 32.6 Å². The highest BCUT2D eigenvalue weighted by atomic mass is 16.7. The van der Waals surface area contributed by atoms with E-state index < -0.39 is 5.79 Å². The van der Waals surface area contributed by atoms with Crippen LogP contribution in [0, 0.1) is 0 Å². The van der Waals surface area contributed by atoms with Crippen molar-refractivity contribution in [3.63, 3.8) is 0 Å². The Morgan fingerprint density at radius 3 is 2.70 bits per heavy atom. The van der Waals surface area contributed by atoms with Gasteiger partial charge in [0.1, 0.15) is 0 Å². The number of anilines is 1. The summed E-state index contributed by atoms with van der Waals surface area (Å²) in [5, 5.41) is 3.44. The molecule has 0 amide bonds. The van der Waals surface area contributed by atoms with E-state index in [1.165, 1.54) is 0 Å². The van der Waals surface area contributed by atoms with Gasteiger partial charge in [-0.15, -0.1) is 0 Å². The third-order valence-corrected chi connectivity index (χ3v) is 3.22. The molecule has 1 N–H and O–H groups in total. The molecule has 0 spiro atoms. The van der Waals surface area contributed by atoms with Crippen molar-refractivity contribution < 1.29 is 9.47 Å². The van der Waals surface area contributed by atoms with Crippen molar-refractivity contribution in [2.24, 2.45) is 0 Å². The smallest absolute Gasteiger partial charge is 0.246 e. The first-order chi connectivity index (χ1) is 9.53. The van der Waals surface area contributed by atoms with Crippen LogP contribution in [0.15, 0.2) is 42.7 Å². The van der Waals surface area contributed by atoms with Gasteiger partial charge in [0.25, 0.3) is 0 Å². The summed E-state index contributed by atoms with van der Waals surface area (Å²) in [6.07, 6.45) is 3.65. The first-order valence-corrected chi connectivity index (χ1v) is 6.72. The summed E-state index contributed by atoms with van der Waals surface area (Å²) in [7, 11) is 0. The average Bonchev–Trinajstić information content (AvgIpc) is 2.73. The number of nitrogens with zero attached hydrogens (tertiary/aromatic N) is 1. The number of benzene rings is 1. The van der Waals surface area contributed by atoms with Crippen LogP contribution >= 0.6 is 0 Å². The zero-order valence-electron chi connectivity index (χ0n) is 11.9. The van der Waals surface area contributed by atoms with Gasteiger partial charge < -0.3 is 14.8 Å². The molecule has 4 heteroatoms. The lowest BCUT2D eigenvalue weighted by Gasteiger charge is -2.16. The fourth-order valence-electron chi connectivity index (χ4n) is 2.28. The van der Waals surface area contributed by atoms with Gasteiger partial charge in [0.2, 0.25) is 5.79 Å². The Morgan fingerprint density at radius 2 is 1.95 bits per heavy atom. The lowest BCUT2D eigenvalue weighted by Crippen LogP contribution is -2.29. The SMILES string of the molecule is CC(Nc1ccc2c(c1)OC(C)(C)O2)c1cccnc1. The molecule has 0 fully saturated rings. The van der Waals surface area contributed by atoms with Crippen LogP contribution in [0.25, 0.3) is 0 Å². The van der Waals surface area contributed by atoms with Gasteiger partial charge >= 0.3 is 0 Å². The molecule has 1 aliphatic rings. The van der Waals surface area contributed by atoms with Gasteiger partial charge in [0, 0.05) is 38.0 Å². The van der Waals surface area contributed by atoms with Crippen LogP contribution in [0.5, 0.6) is 11.5 Å². The Kier molecular flexibility index (Phi) is 3.01.